The average molecular weight is 424 g/mol. The molecule has 0 bridgehead atoms. The van der Waals surface area contributed by atoms with Gasteiger partial charge in [-0.05, 0) is 60.7 Å². The third-order valence-electron chi connectivity index (χ3n) is 6.62. The Bertz CT molecular complexity index is 1070. The molecule has 5 rings (SSSR count). The Balaban J connectivity index is 1.46. The molecule has 0 radical (unpaired) electrons. The van der Waals surface area contributed by atoms with Crippen molar-refractivity contribution in [2.45, 2.75) is 18.9 Å². The van der Waals surface area contributed by atoms with Gasteiger partial charge in [-0.3, -0.25) is 9.69 Å². The fraction of sp³-hybridized carbons (Fsp3) is 0.250. The van der Waals surface area contributed by atoms with Crippen LogP contribution in [-0.4, -0.2) is 30.4 Å². The first kappa shape index (κ1) is 20.5. The van der Waals surface area contributed by atoms with Gasteiger partial charge in [0.05, 0.1) is 5.69 Å². The summed E-state index contributed by atoms with van der Waals surface area (Å²) in [4.78, 5) is 17.8. The van der Waals surface area contributed by atoms with Crippen molar-refractivity contribution in [1.29, 1.82) is 0 Å². The second-order valence-corrected chi connectivity index (χ2v) is 8.66. The molecule has 4 nitrogen and oxygen atoms in total. The zero-order valence-corrected chi connectivity index (χ0v) is 18.3. The van der Waals surface area contributed by atoms with Crippen LogP contribution in [0.1, 0.15) is 24.4 Å². The predicted octanol–water partition coefficient (Wildman–Crippen LogP) is 5.21. The van der Waals surface area contributed by atoms with E-state index in [9.17, 15) is 4.79 Å². The van der Waals surface area contributed by atoms with Crippen molar-refractivity contribution in [3.05, 3.63) is 103 Å². The highest BCUT2D eigenvalue weighted by molar-refractivity contribution is 6.03. The third kappa shape index (κ3) is 3.94. The Labute approximate surface area is 190 Å². The molecule has 2 fully saturated rings. The standard InChI is InChI=1S/C28H29N3O/c1-21-30(20-22-16-18-29-19-17-22)27(25-10-6-3-7-11-25)28(32)31(21)26-14-12-24(13-15-26)23-8-4-2-5-9-23/h2-15,22,27,29H,1,16-20H2. The molecule has 4 heteroatoms. The van der Waals surface area contributed by atoms with Gasteiger partial charge in [0.2, 0.25) is 0 Å². The number of piperidine rings is 1. The Hall–Kier alpha value is -3.37. The molecule has 162 valence electrons. The zero-order chi connectivity index (χ0) is 21.9. The summed E-state index contributed by atoms with van der Waals surface area (Å²) in [6.45, 7) is 7.32. The SMILES string of the molecule is C=C1N(c2ccc(-c3ccccc3)cc2)C(=O)C(c2ccccc2)N1CC1CCNCC1. The Morgan fingerprint density at radius 1 is 0.812 bits per heavy atom. The van der Waals surface area contributed by atoms with E-state index >= 15 is 0 Å². The van der Waals surface area contributed by atoms with Crippen LogP contribution in [0.2, 0.25) is 0 Å². The summed E-state index contributed by atoms with van der Waals surface area (Å²) in [5.41, 5.74) is 4.20. The summed E-state index contributed by atoms with van der Waals surface area (Å²) in [6.07, 6.45) is 2.26. The first-order valence-corrected chi connectivity index (χ1v) is 11.4. The molecular weight excluding hydrogens is 394 g/mol. The van der Waals surface area contributed by atoms with Crippen molar-refractivity contribution < 1.29 is 4.79 Å². The normalized spacial score (nSPS) is 19.6. The number of rotatable bonds is 5. The summed E-state index contributed by atoms with van der Waals surface area (Å²) in [5.74, 6) is 1.41. The van der Waals surface area contributed by atoms with Crippen LogP contribution < -0.4 is 10.2 Å². The summed E-state index contributed by atoms with van der Waals surface area (Å²) >= 11 is 0. The van der Waals surface area contributed by atoms with E-state index in [1.165, 1.54) is 5.56 Å². The van der Waals surface area contributed by atoms with Crippen LogP contribution in [0.15, 0.2) is 97.3 Å². The highest BCUT2D eigenvalue weighted by Gasteiger charge is 2.43. The van der Waals surface area contributed by atoms with Crippen molar-refractivity contribution in [3.8, 4) is 11.1 Å². The van der Waals surface area contributed by atoms with Gasteiger partial charge < -0.3 is 10.2 Å². The molecule has 3 aromatic carbocycles. The zero-order valence-electron chi connectivity index (χ0n) is 18.3. The van der Waals surface area contributed by atoms with E-state index in [-0.39, 0.29) is 11.9 Å². The second kappa shape index (κ2) is 9.01. The van der Waals surface area contributed by atoms with Crippen LogP contribution in [-0.2, 0) is 4.79 Å². The van der Waals surface area contributed by atoms with Gasteiger partial charge in [-0.2, -0.15) is 0 Å². The molecule has 3 aromatic rings. The summed E-state index contributed by atoms with van der Waals surface area (Å²) in [6, 6.07) is 28.3. The van der Waals surface area contributed by atoms with E-state index in [2.05, 4.69) is 41.1 Å². The van der Waals surface area contributed by atoms with Crippen LogP contribution in [0.4, 0.5) is 5.69 Å². The van der Waals surface area contributed by atoms with Crippen molar-refractivity contribution in [2.24, 2.45) is 5.92 Å². The highest BCUT2D eigenvalue weighted by Crippen LogP contribution is 2.40. The molecule has 1 N–H and O–H groups in total. The van der Waals surface area contributed by atoms with Gasteiger partial charge in [-0.1, -0.05) is 79.4 Å². The number of amides is 1. The third-order valence-corrected chi connectivity index (χ3v) is 6.62. The average Bonchev–Trinajstić information content (AvgIpc) is 3.10. The molecule has 2 aliphatic rings. The van der Waals surface area contributed by atoms with Gasteiger partial charge >= 0.3 is 0 Å². The molecular formula is C28H29N3O. The maximum Gasteiger partial charge on any atom is 0.260 e. The molecule has 2 saturated heterocycles. The van der Waals surface area contributed by atoms with Gasteiger partial charge in [0.1, 0.15) is 11.9 Å². The lowest BCUT2D eigenvalue weighted by Crippen LogP contribution is -2.36. The number of nitrogens with zero attached hydrogens (tertiary/aromatic N) is 2. The first-order valence-electron chi connectivity index (χ1n) is 11.4. The summed E-state index contributed by atoms with van der Waals surface area (Å²) in [5, 5.41) is 3.44. The number of hydrogen-bond donors (Lipinski definition) is 1. The van der Waals surface area contributed by atoms with Gasteiger partial charge in [-0.15, -0.1) is 0 Å². The molecule has 0 aromatic heterocycles. The monoisotopic (exact) mass is 423 g/mol. The Morgan fingerprint density at radius 2 is 1.41 bits per heavy atom. The smallest absolute Gasteiger partial charge is 0.260 e. The number of carbonyl (C=O) groups is 1. The van der Waals surface area contributed by atoms with Crippen molar-refractivity contribution in [1.82, 2.24) is 10.2 Å². The molecule has 2 aliphatic heterocycles. The van der Waals surface area contributed by atoms with Crippen LogP contribution in [0, 0.1) is 5.92 Å². The lowest BCUT2D eigenvalue weighted by Gasteiger charge is -2.32. The lowest BCUT2D eigenvalue weighted by atomic mass is 9.96. The summed E-state index contributed by atoms with van der Waals surface area (Å²) in [7, 11) is 0. The minimum Gasteiger partial charge on any atom is -0.342 e. The predicted molar refractivity (Wildman–Crippen MR) is 130 cm³/mol. The number of carbonyl (C=O) groups excluding carboxylic acids is 1. The first-order chi connectivity index (χ1) is 15.7. The van der Waals surface area contributed by atoms with Gasteiger partial charge in [0.25, 0.3) is 5.91 Å². The van der Waals surface area contributed by atoms with E-state index in [0.717, 1.165) is 55.1 Å². The van der Waals surface area contributed by atoms with Gasteiger partial charge in [0, 0.05) is 6.54 Å². The van der Waals surface area contributed by atoms with Crippen molar-refractivity contribution in [3.63, 3.8) is 0 Å². The highest BCUT2D eigenvalue weighted by atomic mass is 16.2. The number of anilines is 1. The largest absolute Gasteiger partial charge is 0.342 e. The molecule has 2 heterocycles. The number of nitrogens with one attached hydrogen (secondary N) is 1. The van der Waals surface area contributed by atoms with E-state index in [1.807, 2.05) is 60.7 Å². The molecule has 0 spiro atoms. The van der Waals surface area contributed by atoms with Crippen molar-refractivity contribution in [2.75, 3.05) is 24.5 Å². The summed E-state index contributed by atoms with van der Waals surface area (Å²) < 4.78 is 0. The van der Waals surface area contributed by atoms with Crippen LogP contribution in [0.25, 0.3) is 11.1 Å². The molecule has 1 unspecified atom stereocenters. The molecule has 0 aliphatic carbocycles. The Morgan fingerprint density at radius 3 is 2.06 bits per heavy atom. The van der Waals surface area contributed by atoms with E-state index < -0.39 is 0 Å². The van der Waals surface area contributed by atoms with E-state index in [0.29, 0.717) is 5.92 Å². The van der Waals surface area contributed by atoms with E-state index in [4.69, 9.17) is 0 Å². The molecule has 1 amide bonds. The maximum absolute atomic E-state index is 13.7. The minimum atomic E-state index is -0.326. The quantitative estimate of drug-likeness (QED) is 0.612. The van der Waals surface area contributed by atoms with Crippen molar-refractivity contribution >= 4 is 11.6 Å². The van der Waals surface area contributed by atoms with Crippen LogP contribution >= 0.6 is 0 Å². The van der Waals surface area contributed by atoms with Crippen LogP contribution in [0.5, 0.6) is 0 Å². The molecule has 1 atom stereocenters. The molecule has 32 heavy (non-hydrogen) atoms. The topological polar surface area (TPSA) is 35.6 Å². The van der Waals surface area contributed by atoms with E-state index in [1.54, 1.807) is 4.90 Å². The van der Waals surface area contributed by atoms with Crippen LogP contribution in [0.3, 0.4) is 0 Å². The minimum absolute atomic E-state index is 0.0718. The lowest BCUT2D eigenvalue weighted by molar-refractivity contribution is -0.120. The molecule has 0 saturated carbocycles. The Kier molecular flexibility index (Phi) is 5.78. The van der Waals surface area contributed by atoms with Gasteiger partial charge in [0.15, 0.2) is 0 Å². The fourth-order valence-electron chi connectivity index (χ4n) is 4.88. The second-order valence-electron chi connectivity index (χ2n) is 8.66. The fourth-order valence-corrected chi connectivity index (χ4v) is 4.88. The number of benzene rings is 3. The number of hydrogen-bond acceptors (Lipinski definition) is 3. The maximum atomic E-state index is 13.7. The van der Waals surface area contributed by atoms with Gasteiger partial charge in [-0.25, -0.2) is 0 Å².